The Balaban J connectivity index is 1.59. The molecular weight excluding hydrogens is 525 g/mol. The number of imide groups is 1. The number of amides is 4. The van der Waals surface area contributed by atoms with Gasteiger partial charge in [-0.05, 0) is 43.0 Å². The average molecular weight is 556 g/mol. The van der Waals surface area contributed by atoms with E-state index >= 15 is 0 Å². The predicted molar refractivity (Wildman–Crippen MR) is 146 cm³/mol. The number of carbonyl (C=O) groups is 4. The first-order valence-electron chi connectivity index (χ1n) is 12.8. The summed E-state index contributed by atoms with van der Waals surface area (Å²) < 4.78 is 0. The van der Waals surface area contributed by atoms with E-state index in [4.69, 9.17) is 23.2 Å². The van der Waals surface area contributed by atoms with Crippen LogP contribution in [-0.4, -0.2) is 52.6 Å². The van der Waals surface area contributed by atoms with E-state index < -0.39 is 6.04 Å². The number of allylic oxidation sites excluding steroid dienone is 2. The minimum atomic E-state index is -0.809. The molecule has 0 saturated carbocycles. The Labute approximate surface area is 232 Å². The van der Waals surface area contributed by atoms with Crippen molar-refractivity contribution in [3.63, 3.8) is 0 Å². The Morgan fingerprint density at radius 3 is 2.24 bits per heavy atom. The number of hydrogen-bond donors (Lipinski definition) is 1. The second-order valence-electron chi connectivity index (χ2n) is 9.60. The molecule has 4 rings (SSSR count). The van der Waals surface area contributed by atoms with Crippen LogP contribution in [0.5, 0.6) is 0 Å². The number of carbonyl (C=O) groups excluding carboxylic acids is 4. The van der Waals surface area contributed by atoms with Crippen LogP contribution in [0.4, 0.5) is 0 Å². The molecule has 1 fully saturated rings. The molecule has 1 aliphatic carbocycles. The second kappa shape index (κ2) is 12.6. The summed E-state index contributed by atoms with van der Waals surface area (Å²) in [6.07, 6.45) is 5.16. The summed E-state index contributed by atoms with van der Waals surface area (Å²) in [6, 6.07) is 13.7. The van der Waals surface area contributed by atoms with Crippen LogP contribution >= 0.6 is 23.2 Å². The smallest absolute Gasteiger partial charge is 0.243 e. The first-order chi connectivity index (χ1) is 18.3. The molecule has 2 aromatic carbocycles. The number of nitrogens with zero attached hydrogens (tertiary/aromatic N) is 2. The number of likely N-dealkylation sites (tertiary alicyclic amines) is 1. The summed E-state index contributed by atoms with van der Waals surface area (Å²) in [5.41, 5.74) is 1.61. The molecule has 7 nitrogen and oxygen atoms in total. The predicted octanol–water partition coefficient (Wildman–Crippen LogP) is 4.41. The lowest BCUT2D eigenvalue weighted by atomic mass is 9.85. The standard InChI is InChI=1S/C29H31Cl2N3O4/c1-2-32-27(36)25(17-19-8-4-3-5-9-19)34(18-20-12-13-23(30)24(31)16-20)26(35)14-15-33-28(37)21-10-6-7-11-22(21)29(33)38/h3-9,12-13,16,21-22,25H,2,10-11,14-15,17-18H2,1H3,(H,32,36)/t21-,22+,25?. The van der Waals surface area contributed by atoms with Crippen molar-refractivity contribution in [3.05, 3.63) is 81.9 Å². The van der Waals surface area contributed by atoms with E-state index in [-0.39, 0.29) is 55.0 Å². The maximum Gasteiger partial charge on any atom is 0.243 e. The summed E-state index contributed by atoms with van der Waals surface area (Å²) in [5, 5.41) is 3.58. The molecule has 9 heteroatoms. The van der Waals surface area contributed by atoms with Gasteiger partial charge in [-0.15, -0.1) is 0 Å². The van der Waals surface area contributed by atoms with Gasteiger partial charge >= 0.3 is 0 Å². The van der Waals surface area contributed by atoms with Crippen molar-refractivity contribution in [2.45, 2.75) is 45.2 Å². The van der Waals surface area contributed by atoms with Crippen LogP contribution in [-0.2, 0) is 32.1 Å². The van der Waals surface area contributed by atoms with Crippen molar-refractivity contribution >= 4 is 46.8 Å². The molecule has 2 aromatic rings. The highest BCUT2D eigenvalue weighted by molar-refractivity contribution is 6.42. The third kappa shape index (κ3) is 6.27. The number of halogens is 2. The molecule has 0 spiro atoms. The molecule has 1 aliphatic heterocycles. The van der Waals surface area contributed by atoms with Crippen LogP contribution in [0, 0.1) is 11.8 Å². The van der Waals surface area contributed by atoms with Crippen molar-refractivity contribution in [1.29, 1.82) is 0 Å². The highest BCUT2D eigenvalue weighted by Crippen LogP contribution is 2.35. The molecule has 0 radical (unpaired) electrons. The van der Waals surface area contributed by atoms with Crippen LogP contribution in [0.25, 0.3) is 0 Å². The monoisotopic (exact) mass is 555 g/mol. The topological polar surface area (TPSA) is 86.8 Å². The van der Waals surface area contributed by atoms with Gasteiger partial charge in [-0.2, -0.15) is 0 Å². The van der Waals surface area contributed by atoms with E-state index in [0.29, 0.717) is 41.4 Å². The quantitative estimate of drug-likeness (QED) is 0.347. The van der Waals surface area contributed by atoms with Crippen molar-refractivity contribution in [2.24, 2.45) is 11.8 Å². The SMILES string of the molecule is CCNC(=O)C(Cc1ccccc1)N(Cc1ccc(Cl)c(Cl)c1)C(=O)CCN1C(=O)[C@H]2CC=CC[C@H]2C1=O. The van der Waals surface area contributed by atoms with E-state index in [9.17, 15) is 19.2 Å². The zero-order chi connectivity index (χ0) is 27.2. The van der Waals surface area contributed by atoms with Gasteiger partial charge in [0.05, 0.1) is 21.9 Å². The number of rotatable bonds is 10. The Hall–Kier alpha value is -3.16. The van der Waals surface area contributed by atoms with Crippen LogP contribution in [0.2, 0.25) is 10.0 Å². The van der Waals surface area contributed by atoms with Gasteiger partial charge in [0.15, 0.2) is 0 Å². The van der Waals surface area contributed by atoms with Crippen LogP contribution in [0.3, 0.4) is 0 Å². The van der Waals surface area contributed by atoms with E-state index in [1.807, 2.05) is 49.4 Å². The number of fused-ring (bicyclic) bond motifs is 1. The van der Waals surface area contributed by atoms with Gasteiger partial charge in [-0.1, -0.05) is 71.8 Å². The highest BCUT2D eigenvalue weighted by Gasteiger charge is 2.47. The van der Waals surface area contributed by atoms with Gasteiger partial charge < -0.3 is 10.2 Å². The molecule has 200 valence electrons. The Kier molecular flexibility index (Phi) is 9.23. The van der Waals surface area contributed by atoms with Gasteiger partial charge in [0, 0.05) is 32.5 Å². The maximum absolute atomic E-state index is 13.7. The van der Waals surface area contributed by atoms with Gasteiger partial charge in [0.1, 0.15) is 6.04 Å². The second-order valence-corrected chi connectivity index (χ2v) is 10.4. The maximum atomic E-state index is 13.7. The Bertz CT molecular complexity index is 1210. The summed E-state index contributed by atoms with van der Waals surface area (Å²) in [6.45, 7) is 2.32. The molecule has 2 aliphatic rings. The van der Waals surface area contributed by atoms with Crippen LogP contribution < -0.4 is 5.32 Å². The van der Waals surface area contributed by atoms with E-state index in [1.54, 1.807) is 18.2 Å². The largest absolute Gasteiger partial charge is 0.355 e. The first kappa shape index (κ1) is 27.9. The molecule has 0 aromatic heterocycles. The summed E-state index contributed by atoms with van der Waals surface area (Å²) in [7, 11) is 0. The molecular formula is C29H31Cl2N3O4. The fourth-order valence-electron chi connectivity index (χ4n) is 5.12. The van der Waals surface area contributed by atoms with Crippen molar-refractivity contribution in [3.8, 4) is 0 Å². The summed E-state index contributed by atoms with van der Waals surface area (Å²) >= 11 is 12.3. The number of hydrogen-bond acceptors (Lipinski definition) is 4. The third-order valence-electron chi connectivity index (χ3n) is 7.11. The van der Waals surface area contributed by atoms with Crippen molar-refractivity contribution < 1.29 is 19.2 Å². The first-order valence-corrected chi connectivity index (χ1v) is 13.6. The lowest BCUT2D eigenvalue weighted by Crippen LogP contribution is -2.51. The number of benzene rings is 2. The minimum Gasteiger partial charge on any atom is -0.355 e. The zero-order valence-electron chi connectivity index (χ0n) is 21.2. The van der Waals surface area contributed by atoms with Crippen LogP contribution in [0.15, 0.2) is 60.7 Å². The number of nitrogens with one attached hydrogen (secondary N) is 1. The third-order valence-corrected chi connectivity index (χ3v) is 7.85. The molecule has 1 unspecified atom stereocenters. The van der Waals surface area contributed by atoms with E-state index in [2.05, 4.69) is 5.32 Å². The fourth-order valence-corrected chi connectivity index (χ4v) is 5.44. The van der Waals surface area contributed by atoms with Crippen LogP contribution in [0.1, 0.15) is 37.3 Å². The molecule has 1 heterocycles. The summed E-state index contributed by atoms with van der Waals surface area (Å²) in [4.78, 5) is 55.6. The highest BCUT2D eigenvalue weighted by atomic mass is 35.5. The lowest BCUT2D eigenvalue weighted by molar-refractivity contribution is -0.144. The fraction of sp³-hybridized carbons (Fsp3) is 0.379. The van der Waals surface area contributed by atoms with Crippen molar-refractivity contribution in [2.75, 3.05) is 13.1 Å². The Morgan fingerprint density at radius 1 is 0.974 bits per heavy atom. The molecule has 4 amide bonds. The van der Waals surface area contributed by atoms with Crippen molar-refractivity contribution in [1.82, 2.24) is 15.1 Å². The zero-order valence-corrected chi connectivity index (χ0v) is 22.8. The van der Waals surface area contributed by atoms with E-state index in [1.165, 1.54) is 9.80 Å². The van der Waals surface area contributed by atoms with Gasteiger partial charge in [0.25, 0.3) is 0 Å². The van der Waals surface area contributed by atoms with E-state index in [0.717, 1.165) is 5.56 Å². The minimum absolute atomic E-state index is 0.0190. The molecule has 38 heavy (non-hydrogen) atoms. The molecule has 0 bridgehead atoms. The van der Waals surface area contributed by atoms with Gasteiger partial charge in [-0.25, -0.2) is 0 Å². The van der Waals surface area contributed by atoms with Gasteiger partial charge in [-0.3, -0.25) is 24.1 Å². The molecule has 1 saturated heterocycles. The number of likely N-dealkylation sites (N-methyl/N-ethyl adjacent to an activating group) is 1. The average Bonchev–Trinajstić information content (AvgIpc) is 3.16. The normalized spacial score (nSPS) is 19.3. The Morgan fingerprint density at radius 2 is 1.63 bits per heavy atom. The molecule has 1 N–H and O–H groups in total. The lowest BCUT2D eigenvalue weighted by Gasteiger charge is -2.32. The van der Waals surface area contributed by atoms with Gasteiger partial charge in [0.2, 0.25) is 23.6 Å². The molecule has 3 atom stereocenters. The summed E-state index contributed by atoms with van der Waals surface area (Å²) in [5.74, 6) is -1.77.